The van der Waals surface area contributed by atoms with Gasteiger partial charge in [-0.05, 0) is 31.4 Å². The minimum Gasteiger partial charge on any atom is -0.363 e. The van der Waals surface area contributed by atoms with Gasteiger partial charge in [-0.1, -0.05) is 0 Å². The molecular weight excluding hydrogens is 238 g/mol. The summed E-state index contributed by atoms with van der Waals surface area (Å²) in [4.78, 5) is 14.8. The van der Waals surface area contributed by atoms with Gasteiger partial charge in [0.2, 0.25) is 0 Å². The average Bonchev–Trinajstić information content (AvgIpc) is 3.11. The molecule has 0 radical (unpaired) electrons. The van der Waals surface area contributed by atoms with E-state index in [0.29, 0.717) is 18.0 Å². The van der Waals surface area contributed by atoms with Crippen LogP contribution in [0.2, 0.25) is 0 Å². The summed E-state index contributed by atoms with van der Waals surface area (Å²) >= 11 is 0. The molecule has 4 rings (SSSR count). The van der Waals surface area contributed by atoms with Crippen molar-refractivity contribution in [1.29, 1.82) is 0 Å². The maximum absolute atomic E-state index is 4.72. The summed E-state index contributed by atoms with van der Waals surface area (Å²) in [5, 5.41) is 3.66. The quantitative estimate of drug-likeness (QED) is 0.858. The highest BCUT2D eigenvalue weighted by Gasteiger charge is 2.41. The third-order valence-corrected chi connectivity index (χ3v) is 4.46. The molecule has 2 aliphatic heterocycles. The van der Waals surface area contributed by atoms with E-state index in [1.165, 1.54) is 19.3 Å². The number of anilines is 1. The molecule has 0 aliphatic carbocycles. The van der Waals surface area contributed by atoms with E-state index >= 15 is 0 Å². The predicted molar refractivity (Wildman–Crippen MR) is 75.5 cm³/mol. The van der Waals surface area contributed by atoms with Gasteiger partial charge in [0.25, 0.3) is 0 Å². The number of hydrogen-bond donors (Lipinski definition) is 2. The summed E-state index contributed by atoms with van der Waals surface area (Å²) in [6.45, 7) is 0. The lowest BCUT2D eigenvalue weighted by Crippen LogP contribution is -2.22. The number of pyridine rings is 1. The van der Waals surface area contributed by atoms with Gasteiger partial charge < -0.3 is 15.2 Å². The topological polar surface area (TPSA) is 56.8 Å². The molecule has 5 heteroatoms. The average molecular weight is 257 g/mol. The van der Waals surface area contributed by atoms with E-state index in [9.17, 15) is 0 Å². The third-order valence-electron chi connectivity index (χ3n) is 4.46. The highest BCUT2D eigenvalue weighted by Crippen LogP contribution is 2.39. The Bertz CT molecular complexity index is 617. The molecule has 19 heavy (non-hydrogen) atoms. The summed E-state index contributed by atoms with van der Waals surface area (Å²) in [5.74, 6) is 2.60. The lowest BCUT2D eigenvalue weighted by Gasteiger charge is -2.17. The van der Waals surface area contributed by atoms with Crippen LogP contribution in [-0.4, -0.2) is 41.1 Å². The van der Waals surface area contributed by atoms with E-state index in [4.69, 9.17) is 4.98 Å². The summed E-state index contributed by atoms with van der Waals surface area (Å²) in [6, 6.07) is 5.42. The number of nitrogens with zero attached hydrogens (tertiary/aromatic N) is 3. The van der Waals surface area contributed by atoms with Crippen molar-refractivity contribution in [3.63, 3.8) is 0 Å². The molecule has 2 aromatic heterocycles. The van der Waals surface area contributed by atoms with Gasteiger partial charge in [-0.25, -0.2) is 9.97 Å². The van der Waals surface area contributed by atoms with Crippen molar-refractivity contribution < 1.29 is 0 Å². The molecule has 4 heterocycles. The van der Waals surface area contributed by atoms with Gasteiger partial charge in [0.15, 0.2) is 5.65 Å². The van der Waals surface area contributed by atoms with E-state index in [2.05, 4.69) is 21.4 Å². The maximum Gasteiger partial charge on any atom is 0.179 e. The Morgan fingerprint density at radius 2 is 2.11 bits per heavy atom. The molecule has 0 amide bonds. The summed E-state index contributed by atoms with van der Waals surface area (Å²) in [7, 11) is 4.00. The van der Waals surface area contributed by atoms with Crippen LogP contribution in [0.1, 0.15) is 31.0 Å². The van der Waals surface area contributed by atoms with Crippen LogP contribution in [0.5, 0.6) is 0 Å². The van der Waals surface area contributed by atoms with Crippen LogP contribution in [0.25, 0.3) is 11.2 Å². The fourth-order valence-electron chi connectivity index (χ4n) is 3.45. The Kier molecular flexibility index (Phi) is 2.33. The number of imidazole rings is 1. The molecule has 0 saturated carbocycles. The minimum absolute atomic E-state index is 0.538. The van der Waals surface area contributed by atoms with Crippen molar-refractivity contribution >= 4 is 17.0 Å². The number of aromatic nitrogens is 3. The molecule has 2 fully saturated rings. The Hall–Kier alpha value is -1.62. The molecule has 2 saturated heterocycles. The van der Waals surface area contributed by atoms with E-state index in [-0.39, 0.29) is 0 Å². The van der Waals surface area contributed by atoms with Gasteiger partial charge in [0.1, 0.15) is 11.6 Å². The van der Waals surface area contributed by atoms with Crippen molar-refractivity contribution in [2.45, 2.75) is 37.3 Å². The van der Waals surface area contributed by atoms with Gasteiger partial charge in [-0.2, -0.15) is 0 Å². The first-order chi connectivity index (χ1) is 9.20. The summed E-state index contributed by atoms with van der Waals surface area (Å²) < 4.78 is 0. The normalized spacial score (nSPS) is 29.3. The van der Waals surface area contributed by atoms with Gasteiger partial charge in [-0.15, -0.1) is 0 Å². The number of fused-ring (bicyclic) bond motifs is 3. The number of H-pyrrole nitrogens is 1. The first kappa shape index (κ1) is 11.2. The van der Waals surface area contributed by atoms with Crippen LogP contribution in [-0.2, 0) is 0 Å². The monoisotopic (exact) mass is 257 g/mol. The van der Waals surface area contributed by atoms with Crippen molar-refractivity contribution in [2.75, 3.05) is 19.0 Å². The second kappa shape index (κ2) is 3.93. The zero-order valence-electron chi connectivity index (χ0n) is 11.3. The zero-order chi connectivity index (χ0) is 13.0. The zero-order valence-corrected chi connectivity index (χ0v) is 11.3. The van der Waals surface area contributed by atoms with Gasteiger partial charge >= 0.3 is 0 Å². The molecule has 100 valence electrons. The van der Waals surface area contributed by atoms with Crippen LogP contribution < -0.4 is 10.2 Å². The number of aromatic amines is 1. The second-order valence-corrected chi connectivity index (χ2v) is 5.95. The minimum atomic E-state index is 0.538. The lowest BCUT2D eigenvalue weighted by atomic mass is 9.89. The standard InChI is InChI=1S/C14H19N5/c1-19(2)12-6-5-11-14(17-12)18-13(16-11)9-7-8-3-4-10(9)15-8/h5-6,8-10,15H,3-4,7H2,1-2H3,(H,16,17,18). The third kappa shape index (κ3) is 1.72. The van der Waals surface area contributed by atoms with E-state index < -0.39 is 0 Å². The van der Waals surface area contributed by atoms with Crippen LogP contribution in [0.15, 0.2) is 12.1 Å². The smallest absolute Gasteiger partial charge is 0.179 e. The Morgan fingerprint density at radius 1 is 1.21 bits per heavy atom. The lowest BCUT2D eigenvalue weighted by molar-refractivity contribution is 0.490. The second-order valence-electron chi connectivity index (χ2n) is 5.95. The van der Waals surface area contributed by atoms with Crippen LogP contribution in [0, 0.1) is 0 Å². The van der Waals surface area contributed by atoms with Crippen LogP contribution in [0.4, 0.5) is 5.82 Å². The SMILES string of the molecule is CN(C)c1ccc2[nH]c(C3CC4CCC3N4)nc2n1. The van der Waals surface area contributed by atoms with Crippen molar-refractivity contribution in [1.82, 2.24) is 20.3 Å². The molecule has 5 nitrogen and oxygen atoms in total. The molecular formula is C14H19N5. The van der Waals surface area contributed by atoms with Gasteiger partial charge in [0.05, 0.1) is 5.52 Å². The molecule has 0 spiro atoms. The van der Waals surface area contributed by atoms with E-state index in [1.807, 2.05) is 25.1 Å². The van der Waals surface area contributed by atoms with Crippen LogP contribution >= 0.6 is 0 Å². The maximum atomic E-state index is 4.72. The molecule has 0 aromatic carbocycles. The van der Waals surface area contributed by atoms with E-state index in [1.54, 1.807) is 0 Å². The molecule has 2 bridgehead atoms. The fourth-order valence-corrected chi connectivity index (χ4v) is 3.45. The molecule has 3 atom stereocenters. The van der Waals surface area contributed by atoms with Crippen molar-refractivity contribution in [3.05, 3.63) is 18.0 Å². The predicted octanol–water partition coefficient (Wildman–Crippen LogP) is 1.63. The Morgan fingerprint density at radius 3 is 2.79 bits per heavy atom. The summed E-state index contributed by atoms with van der Waals surface area (Å²) in [6.07, 6.45) is 3.82. The first-order valence-corrected chi connectivity index (χ1v) is 7.01. The van der Waals surface area contributed by atoms with Gasteiger partial charge in [-0.3, -0.25) is 0 Å². The molecule has 3 unspecified atom stereocenters. The van der Waals surface area contributed by atoms with Crippen molar-refractivity contribution in [3.8, 4) is 0 Å². The summed E-state index contributed by atoms with van der Waals surface area (Å²) in [5.41, 5.74) is 1.88. The molecule has 2 N–H and O–H groups in total. The van der Waals surface area contributed by atoms with Gasteiger partial charge in [0, 0.05) is 32.1 Å². The molecule has 2 aromatic rings. The number of nitrogens with one attached hydrogen (secondary N) is 2. The largest absolute Gasteiger partial charge is 0.363 e. The first-order valence-electron chi connectivity index (χ1n) is 7.01. The highest BCUT2D eigenvalue weighted by molar-refractivity contribution is 5.73. The van der Waals surface area contributed by atoms with Crippen molar-refractivity contribution in [2.24, 2.45) is 0 Å². The fraction of sp³-hybridized carbons (Fsp3) is 0.571. The highest BCUT2D eigenvalue weighted by atomic mass is 15.2. The number of hydrogen-bond acceptors (Lipinski definition) is 4. The van der Waals surface area contributed by atoms with Crippen LogP contribution in [0.3, 0.4) is 0 Å². The Balaban J connectivity index is 1.72. The Labute approximate surface area is 112 Å². The molecule has 2 aliphatic rings. The number of rotatable bonds is 2. The van der Waals surface area contributed by atoms with E-state index in [0.717, 1.165) is 22.8 Å².